The molecule has 1 aromatic rings. The number of hydrogen-bond acceptors (Lipinski definition) is 4. The van der Waals surface area contributed by atoms with Crippen molar-refractivity contribution in [2.24, 2.45) is 5.92 Å². The van der Waals surface area contributed by atoms with Crippen LogP contribution in [0.1, 0.15) is 37.2 Å². The van der Waals surface area contributed by atoms with Gasteiger partial charge in [0, 0.05) is 6.54 Å². The van der Waals surface area contributed by atoms with Gasteiger partial charge in [0.25, 0.3) is 5.91 Å². The molecule has 0 radical (unpaired) electrons. The van der Waals surface area contributed by atoms with E-state index in [4.69, 9.17) is 9.52 Å². The number of rotatable bonds is 8. The summed E-state index contributed by atoms with van der Waals surface area (Å²) in [5.74, 6) is -2.37. The average Bonchev–Trinajstić information content (AvgIpc) is 2.96. The fourth-order valence-corrected chi connectivity index (χ4v) is 1.78. The van der Waals surface area contributed by atoms with Crippen molar-refractivity contribution in [1.29, 1.82) is 0 Å². The molecule has 0 fully saturated rings. The standard InChI is InChI=1S/C14H20N2O5/c1-3-5-10(14(19)20)8-15-12(17)9(2)16-13(18)11-6-4-7-21-11/h4,6-7,9-10H,3,5,8H2,1-2H3,(H,15,17)(H,16,18)(H,19,20). The largest absolute Gasteiger partial charge is 0.481 e. The lowest BCUT2D eigenvalue weighted by molar-refractivity contribution is -0.142. The Morgan fingerprint density at radius 1 is 1.38 bits per heavy atom. The van der Waals surface area contributed by atoms with Crippen molar-refractivity contribution in [3.8, 4) is 0 Å². The minimum atomic E-state index is -0.940. The lowest BCUT2D eigenvalue weighted by atomic mass is 10.0. The van der Waals surface area contributed by atoms with Gasteiger partial charge in [-0.25, -0.2) is 0 Å². The molecular weight excluding hydrogens is 276 g/mol. The number of carboxylic acids is 1. The molecule has 21 heavy (non-hydrogen) atoms. The highest BCUT2D eigenvalue weighted by molar-refractivity contribution is 5.95. The van der Waals surface area contributed by atoms with E-state index < -0.39 is 29.7 Å². The van der Waals surface area contributed by atoms with Crippen LogP contribution in [0.4, 0.5) is 0 Å². The van der Waals surface area contributed by atoms with Crippen LogP contribution in [0.15, 0.2) is 22.8 Å². The SMILES string of the molecule is CCCC(CNC(=O)C(C)NC(=O)c1ccco1)C(=O)O. The van der Waals surface area contributed by atoms with E-state index in [2.05, 4.69) is 10.6 Å². The van der Waals surface area contributed by atoms with E-state index in [1.165, 1.54) is 19.3 Å². The maximum Gasteiger partial charge on any atom is 0.308 e. The molecule has 0 bridgehead atoms. The molecule has 2 atom stereocenters. The van der Waals surface area contributed by atoms with E-state index in [1.54, 1.807) is 6.07 Å². The topological polar surface area (TPSA) is 109 Å². The van der Waals surface area contributed by atoms with Gasteiger partial charge in [-0.1, -0.05) is 13.3 Å². The second-order valence-electron chi connectivity index (χ2n) is 4.74. The molecule has 0 aromatic carbocycles. The Bertz CT molecular complexity index is 484. The van der Waals surface area contributed by atoms with Crippen molar-refractivity contribution in [3.63, 3.8) is 0 Å². The molecule has 0 spiro atoms. The van der Waals surface area contributed by atoms with Gasteiger partial charge in [0.15, 0.2) is 5.76 Å². The van der Waals surface area contributed by atoms with Gasteiger partial charge in [-0.05, 0) is 25.5 Å². The van der Waals surface area contributed by atoms with Crippen molar-refractivity contribution >= 4 is 17.8 Å². The molecule has 2 amide bonds. The second-order valence-corrected chi connectivity index (χ2v) is 4.74. The minimum absolute atomic E-state index is 0.0446. The van der Waals surface area contributed by atoms with Crippen molar-refractivity contribution in [3.05, 3.63) is 24.2 Å². The van der Waals surface area contributed by atoms with Crippen molar-refractivity contribution < 1.29 is 23.9 Å². The van der Waals surface area contributed by atoms with E-state index in [-0.39, 0.29) is 12.3 Å². The number of nitrogens with one attached hydrogen (secondary N) is 2. The molecule has 1 rings (SSSR count). The molecule has 1 heterocycles. The first-order valence-electron chi connectivity index (χ1n) is 6.80. The van der Waals surface area contributed by atoms with Crippen molar-refractivity contribution in [2.45, 2.75) is 32.7 Å². The van der Waals surface area contributed by atoms with Crippen LogP contribution in [-0.4, -0.2) is 35.5 Å². The Morgan fingerprint density at radius 2 is 2.10 bits per heavy atom. The van der Waals surface area contributed by atoms with E-state index in [0.717, 1.165) is 6.42 Å². The lowest BCUT2D eigenvalue weighted by Crippen LogP contribution is -2.46. The van der Waals surface area contributed by atoms with Crippen LogP contribution < -0.4 is 10.6 Å². The Hall–Kier alpha value is -2.31. The zero-order valence-electron chi connectivity index (χ0n) is 12.1. The zero-order chi connectivity index (χ0) is 15.8. The fourth-order valence-electron chi connectivity index (χ4n) is 1.78. The quantitative estimate of drug-likeness (QED) is 0.663. The van der Waals surface area contributed by atoms with Gasteiger partial charge in [0.1, 0.15) is 6.04 Å². The lowest BCUT2D eigenvalue weighted by Gasteiger charge is -2.16. The highest BCUT2D eigenvalue weighted by Gasteiger charge is 2.21. The van der Waals surface area contributed by atoms with E-state index in [9.17, 15) is 14.4 Å². The molecule has 0 aliphatic carbocycles. The van der Waals surface area contributed by atoms with Gasteiger partial charge in [-0.3, -0.25) is 14.4 Å². The summed E-state index contributed by atoms with van der Waals surface area (Å²) in [6.45, 7) is 3.44. The minimum Gasteiger partial charge on any atom is -0.481 e. The third-order valence-electron chi connectivity index (χ3n) is 2.99. The molecular formula is C14H20N2O5. The first kappa shape index (κ1) is 16.7. The van der Waals surface area contributed by atoms with Crippen LogP contribution in [0.25, 0.3) is 0 Å². The molecule has 0 aliphatic heterocycles. The molecule has 7 nitrogen and oxygen atoms in total. The van der Waals surface area contributed by atoms with Gasteiger partial charge in [0.2, 0.25) is 5.91 Å². The normalized spacial score (nSPS) is 13.2. The van der Waals surface area contributed by atoms with Gasteiger partial charge < -0.3 is 20.2 Å². The van der Waals surface area contributed by atoms with Crippen molar-refractivity contribution in [2.75, 3.05) is 6.54 Å². The van der Waals surface area contributed by atoms with Crippen LogP contribution >= 0.6 is 0 Å². The van der Waals surface area contributed by atoms with E-state index in [1.807, 2.05) is 6.92 Å². The fraction of sp³-hybridized carbons (Fsp3) is 0.500. The number of carboxylic acid groups (broad SMARTS) is 1. The van der Waals surface area contributed by atoms with Crippen LogP contribution in [0.3, 0.4) is 0 Å². The zero-order valence-corrected chi connectivity index (χ0v) is 12.1. The molecule has 2 unspecified atom stereocenters. The summed E-state index contributed by atoms with van der Waals surface area (Å²) in [6.07, 6.45) is 2.57. The van der Waals surface area contributed by atoms with Gasteiger partial charge >= 0.3 is 5.97 Å². The summed E-state index contributed by atoms with van der Waals surface area (Å²) in [6, 6.07) is 2.28. The Balaban J connectivity index is 2.43. The van der Waals surface area contributed by atoms with E-state index >= 15 is 0 Å². The third kappa shape index (κ3) is 5.29. The number of furan rings is 1. The first-order chi connectivity index (χ1) is 9.95. The summed E-state index contributed by atoms with van der Waals surface area (Å²) < 4.78 is 4.92. The van der Waals surface area contributed by atoms with Gasteiger partial charge in [-0.15, -0.1) is 0 Å². The number of carbonyl (C=O) groups excluding carboxylic acids is 2. The highest BCUT2D eigenvalue weighted by Crippen LogP contribution is 2.05. The Labute approximate surface area is 122 Å². The monoisotopic (exact) mass is 296 g/mol. The number of amides is 2. The molecule has 1 aromatic heterocycles. The predicted octanol–water partition coefficient (Wildman–Crippen LogP) is 1.01. The first-order valence-corrected chi connectivity index (χ1v) is 6.80. The van der Waals surface area contributed by atoms with Crippen LogP contribution in [0.2, 0.25) is 0 Å². The maximum atomic E-state index is 11.8. The molecule has 0 saturated carbocycles. The molecule has 116 valence electrons. The van der Waals surface area contributed by atoms with Crippen LogP contribution in [-0.2, 0) is 9.59 Å². The summed E-state index contributed by atoms with van der Waals surface area (Å²) in [4.78, 5) is 34.5. The molecule has 0 aliphatic rings. The van der Waals surface area contributed by atoms with Crippen LogP contribution in [0.5, 0.6) is 0 Å². The smallest absolute Gasteiger partial charge is 0.308 e. The van der Waals surface area contributed by atoms with Crippen molar-refractivity contribution in [1.82, 2.24) is 10.6 Å². The number of aliphatic carboxylic acids is 1. The Kier molecular flexibility index (Phi) is 6.45. The average molecular weight is 296 g/mol. The summed E-state index contributed by atoms with van der Waals surface area (Å²) in [7, 11) is 0. The summed E-state index contributed by atoms with van der Waals surface area (Å²) in [5, 5.41) is 14.0. The van der Waals surface area contributed by atoms with Gasteiger partial charge in [-0.2, -0.15) is 0 Å². The molecule has 3 N–H and O–H groups in total. The van der Waals surface area contributed by atoms with E-state index in [0.29, 0.717) is 6.42 Å². The predicted molar refractivity (Wildman–Crippen MR) is 74.7 cm³/mol. The molecule has 7 heteroatoms. The summed E-state index contributed by atoms with van der Waals surface area (Å²) >= 11 is 0. The van der Waals surface area contributed by atoms with Gasteiger partial charge in [0.05, 0.1) is 12.2 Å². The highest BCUT2D eigenvalue weighted by atomic mass is 16.4. The second kappa shape index (κ2) is 8.08. The van der Waals surface area contributed by atoms with Crippen LogP contribution in [0, 0.1) is 5.92 Å². The molecule has 0 saturated heterocycles. The number of carbonyl (C=O) groups is 3. The number of hydrogen-bond donors (Lipinski definition) is 3. The Morgan fingerprint density at radius 3 is 2.62 bits per heavy atom. The third-order valence-corrected chi connectivity index (χ3v) is 2.99. The maximum absolute atomic E-state index is 11.8. The summed E-state index contributed by atoms with van der Waals surface area (Å²) in [5.41, 5.74) is 0.